The van der Waals surface area contributed by atoms with E-state index in [1.807, 2.05) is 0 Å². The Labute approximate surface area is 71.0 Å². The van der Waals surface area contributed by atoms with Crippen LogP contribution in [0, 0.1) is 5.95 Å². The summed E-state index contributed by atoms with van der Waals surface area (Å²) in [5, 5.41) is 0. The summed E-state index contributed by atoms with van der Waals surface area (Å²) in [7, 11) is 0. The Kier molecular flexibility index (Phi) is 1.94. The highest BCUT2D eigenvalue weighted by Gasteiger charge is 2.11. The van der Waals surface area contributed by atoms with Crippen LogP contribution in [-0.4, -0.2) is 18.1 Å². The second-order valence-corrected chi connectivity index (χ2v) is 3.03. The molecule has 1 saturated heterocycles. The van der Waals surface area contributed by atoms with Crippen molar-refractivity contribution in [3.05, 3.63) is 24.3 Å². The first-order valence-corrected chi connectivity index (χ1v) is 4.23. The molecule has 0 amide bonds. The normalized spacial score (nSPS) is 16.9. The van der Waals surface area contributed by atoms with Gasteiger partial charge in [0.25, 0.3) is 0 Å². The fourth-order valence-electron chi connectivity index (χ4n) is 1.53. The Hall–Kier alpha value is -1.12. The van der Waals surface area contributed by atoms with Gasteiger partial charge in [-0.2, -0.15) is 4.39 Å². The summed E-state index contributed by atoms with van der Waals surface area (Å²) in [6, 6.07) is 3.20. The molecule has 2 rings (SSSR count). The Morgan fingerprint density at radius 1 is 1.25 bits per heavy atom. The third-order valence-corrected chi connectivity index (χ3v) is 2.18. The summed E-state index contributed by atoms with van der Waals surface area (Å²) in [5.41, 5.74) is 1.04. The van der Waals surface area contributed by atoms with Crippen LogP contribution in [0.1, 0.15) is 12.8 Å². The molecule has 2 nitrogen and oxygen atoms in total. The van der Waals surface area contributed by atoms with Gasteiger partial charge in [0.05, 0.1) is 11.9 Å². The molecular weight excluding hydrogens is 155 g/mol. The fraction of sp³-hybridized carbons (Fsp3) is 0.444. The number of hydrogen-bond donors (Lipinski definition) is 0. The van der Waals surface area contributed by atoms with E-state index >= 15 is 0 Å². The quantitative estimate of drug-likeness (QED) is 0.591. The maximum atomic E-state index is 12.4. The van der Waals surface area contributed by atoms with E-state index in [4.69, 9.17) is 0 Å². The van der Waals surface area contributed by atoms with Crippen molar-refractivity contribution in [3.8, 4) is 0 Å². The summed E-state index contributed by atoms with van der Waals surface area (Å²) < 4.78 is 12.4. The number of hydrogen-bond acceptors (Lipinski definition) is 2. The Morgan fingerprint density at radius 2 is 2.00 bits per heavy atom. The van der Waals surface area contributed by atoms with Crippen LogP contribution in [0.25, 0.3) is 0 Å². The van der Waals surface area contributed by atoms with Gasteiger partial charge in [0.1, 0.15) is 0 Å². The smallest absolute Gasteiger partial charge is 0.212 e. The van der Waals surface area contributed by atoms with E-state index in [-0.39, 0.29) is 0 Å². The number of rotatable bonds is 1. The molecule has 64 valence electrons. The minimum atomic E-state index is -0.405. The molecule has 1 aromatic rings. The zero-order chi connectivity index (χ0) is 8.39. The van der Waals surface area contributed by atoms with Crippen molar-refractivity contribution in [2.75, 3.05) is 18.0 Å². The molecule has 12 heavy (non-hydrogen) atoms. The molecule has 0 atom stereocenters. The van der Waals surface area contributed by atoms with E-state index in [9.17, 15) is 4.39 Å². The zero-order valence-corrected chi connectivity index (χ0v) is 6.83. The van der Waals surface area contributed by atoms with Gasteiger partial charge >= 0.3 is 0 Å². The average molecular weight is 166 g/mol. The van der Waals surface area contributed by atoms with Gasteiger partial charge < -0.3 is 4.90 Å². The van der Waals surface area contributed by atoms with Crippen molar-refractivity contribution in [2.24, 2.45) is 0 Å². The molecule has 1 fully saturated rings. The molecular formula is C9H11FN2. The van der Waals surface area contributed by atoms with E-state index in [0.29, 0.717) is 0 Å². The van der Waals surface area contributed by atoms with Gasteiger partial charge in [-0.1, -0.05) is 0 Å². The number of halogens is 1. The SMILES string of the molecule is Fc1ccc(N2CCCC2)cn1. The van der Waals surface area contributed by atoms with Crippen LogP contribution >= 0.6 is 0 Å². The van der Waals surface area contributed by atoms with Gasteiger partial charge in [-0.25, -0.2) is 4.98 Å². The minimum Gasteiger partial charge on any atom is -0.370 e. The molecule has 0 saturated carbocycles. The number of nitrogens with zero attached hydrogens (tertiary/aromatic N) is 2. The van der Waals surface area contributed by atoms with Gasteiger partial charge in [-0.15, -0.1) is 0 Å². The summed E-state index contributed by atoms with van der Waals surface area (Å²) in [6.45, 7) is 2.15. The molecule has 0 aromatic carbocycles. The summed E-state index contributed by atoms with van der Waals surface area (Å²) in [5.74, 6) is -0.405. The summed E-state index contributed by atoms with van der Waals surface area (Å²) in [6.07, 6.45) is 4.06. The maximum Gasteiger partial charge on any atom is 0.212 e. The standard InChI is InChI=1S/C9H11FN2/c10-9-4-3-8(7-11-9)12-5-1-2-6-12/h3-4,7H,1-2,5-6H2. The first-order chi connectivity index (χ1) is 5.86. The van der Waals surface area contributed by atoms with Crippen molar-refractivity contribution < 1.29 is 4.39 Å². The molecule has 3 heteroatoms. The minimum absolute atomic E-state index is 0.405. The van der Waals surface area contributed by atoms with Gasteiger partial charge in [-0.3, -0.25) is 0 Å². The topological polar surface area (TPSA) is 16.1 Å². The van der Waals surface area contributed by atoms with Crippen LogP contribution in [0.3, 0.4) is 0 Å². The molecule has 0 N–H and O–H groups in total. The lowest BCUT2D eigenvalue weighted by atomic mass is 10.4. The molecule has 0 radical (unpaired) electrons. The number of aromatic nitrogens is 1. The average Bonchev–Trinajstić information content (AvgIpc) is 2.58. The van der Waals surface area contributed by atoms with Crippen molar-refractivity contribution in [1.82, 2.24) is 4.98 Å². The van der Waals surface area contributed by atoms with Gasteiger partial charge in [0.15, 0.2) is 0 Å². The van der Waals surface area contributed by atoms with Crippen LogP contribution in [0.2, 0.25) is 0 Å². The van der Waals surface area contributed by atoms with Crippen LogP contribution in [0.4, 0.5) is 10.1 Å². The third-order valence-electron chi connectivity index (χ3n) is 2.18. The molecule has 1 aliphatic heterocycles. The molecule has 1 aliphatic rings. The Morgan fingerprint density at radius 3 is 2.58 bits per heavy atom. The molecule has 0 aliphatic carbocycles. The van der Waals surface area contributed by atoms with Crippen LogP contribution in [0.5, 0.6) is 0 Å². The van der Waals surface area contributed by atoms with Gasteiger partial charge in [-0.05, 0) is 25.0 Å². The molecule has 0 spiro atoms. The van der Waals surface area contributed by atoms with E-state index in [1.54, 1.807) is 12.3 Å². The predicted molar refractivity (Wildman–Crippen MR) is 45.6 cm³/mol. The summed E-state index contributed by atoms with van der Waals surface area (Å²) in [4.78, 5) is 5.84. The zero-order valence-electron chi connectivity index (χ0n) is 6.83. The molecule has 1 aromatic heterocycles. The summed E-state index contributed by atoms with van der Waals surface area (Å²) >= 11 is 0. The lowest BCUT2D eigenvalue weighted by molar-refractivity contribution is 0.583. The predicted octanol–water partition coefficient (Wildman–Crippen LogP) is 1.82. The monoisotopic (exact) mass is 166 g/mol. The van der Waals surface area contributed by atoms with Crippen molar-refractivity contribution in [3.63, 3.8) is 0 Å². The van der Waals surface area contributed by atoms with Crippen LogP contribution in [0.15, 0.2) is 18.3 Å². The van der Waals surface area contributed by atoms with E-state index in [2.05, 4.69) is 9.88 Å². The van der Waals surface area contributed by atoms with E-state index in [0.717, 1.165) is 18.8 Å². The Bertz CT molecular complexity index is 252. The second kappa shape index (κ2) is 3.09. The van der Waals surface area contributed by atoms with Gasteiger partial charge in [0.2, 0.25) is 5.95 Å². The largest absolute Gasteiger partial charge is 0.370 e. The van der Waals surface area contributed by atoms with Crippen molar-refractivity contribution in [2.45, 2.75) is 12.8 Å². The number of anilines is 1. The lowest BCUT2D eigenvalue weighted by Gasteiger charge is -2.16. The van der Waals surface area contributed by atoms with Gasteiger partial charge in [0, 0.05) is 13.1 Å². The van der Waals surface area contributed by atoms with Crippen molar-refractivity contribution >= 4 is 5.69 Å². The highest BCUT2D eigenvalue weighted by atomic mass is 19.1. The highest BCUT2D eigenvalue weighted by molar-refractivity contribution is 5.44. The lowest BCUT2D eigenvalue weighted by Crippen LogP contribution is -2.17. The van der Waals surface area contributed by atoms with Crippen LogP contribution in [-0.2, 0) is 0 Å². The first-order valence-electron chi connectivity index (χ1n) is 4.23. The maximum absolute atomic E-state index is 12.4. The number of pyridine rings is 1. The second-order valence-electron chi connectivity index (χ2n) is 3.03. The Balaban J connectivity index is 2.17. The molecule has 2 heterocycles. The molecule has 0 unspecified atom stereocenters. The fourth-order valence-corrected chi connectivity index (χ4v) is 1.53. The third kappa shape index (κ3) is 1.40. The highest BCUT2D eigenvalue weighted by Crippen LogP contribution is 2.18. The first kappa shape index (κ1) is 7.53. The molecule has 0 bridgehead atoms. The van der Waals surface area contributed by atoms with Crippen molar-refractivity contribution in [1.29, 1.82) is 0 Å². The van der Waals surface area contributed by atoms with E-state index in [1.165, 1.54) is 18.9 Å². The van der Waals surface area contributed by atoms with Crippen LogP contribution < -0.4 is 4.90 Å². The van der Waals surface area contributed by atoms with E-state index < -0.39 is 5.95 Å².